The second-order valence-corrected chi connectivity index (χ2v) is 8.16. The second kappa shape index (κ2) is 9.03. The lowest BCUT2D eigenvalue weighted by Gasteiger charge is -2.38. The average Bonchev–Trinajstić information content (AvgIpc) is 2.97. The normalized spacial score (nSPS) is 18.3. The molecule has 7 heteroatoms. The van der Waals surface area contributed by atoms with Gasteiger partial charge in [-0.25, -0.2) is 9.98 Å². The fourth-order valence-electron chi connectivity index (χ4n) is 3.05. The van der Waals surface area contributed by atoms with E-state index in [1.54, 1.807) is 11.3 Å². The number of aliphatic imine (C=N–C) groups is 1. The first-order valence-corrected chi connectivity index (χ1v) is 9.52. The Morgan fingerprint density at radius 3 is 2.85 bits per heavy atom. The van der Waals surface area contributed by atoms with Crippen LogP contribution in [0.3, 0.4) is 0 Å². The number of nitrogens with zero attached hydrogens (tertiary/aromatic N) is 2. The fourth-order valence-corrected chi connectivity index (χ4v) is 3.77. The Bertz CT molecular complexity index is 760. The van der Waals surface area contributed by atoms with E-state index in [1.807, 2.05) is 25.3 Å². The molecule has 1 unspecified atom stereocenters. The van der Waals surface area contributed by atoms with Gasteiger partial charge in [-0.15, -0.1) is 35.3 Å². The number of ether oxygens (including phenoxy) is 1. The summed E-state index contributed by atoms with van der Waals surface area (Å²) in [5.41, 5.74) is 0.971. The van der Waals surface area contributed by atoms with Crippen LogP contribution in [0.4, 0.5) is 0 Å². The molecule has 0 saturated heterocycles. The summed E-state index contributed by atoms with van der Waals surface area (Å²) in [6, 6.07) is 8.40. The van der Waals surface area contributed by atoms with Crippen molar-refractivity contribution < 1.29 is 4.74 Å². The quantitative estimate of drug-likeness (QED) is 0.382. The first kappa shape index (κ1) is 21.0. The molecule has 0 spiro atoms. The molecule has 1 aromatic carbocycles. The monoisotopic (exact) mass is 486 g/mol. The number of benzene rings is 1. The Kier molecular flexibility index (Phi) is 7.28. The number of rotatable bonds is 4. The van der Waals surface area contributed by atoms with Crippen LogP contribution in [0.1, 0.15) is 48.7 Å². The average molecular weight is 486 g/mol. The van der Waals surface area contributed by atoms with E-state index < -0.39 is 0 Å². The van der Waals surface area contributed by atoms with E-state index in [4.69, 9.17) is 9.73 Å². The molecule has 0 radical (unpaired) electrons. The molecule has 142 valence electrons. The highest BCUT2D eigenvalue weighted by Crippen LogP contribution is 2.39. The molecule has 2 aromatic rings. The molecule has 1 aromatic heterocycles. The first-order chi connectivity index (χ1) is 12.0. The third kappa shape index (κ3) is 5.33. The molecule has 26 heavy (non-hydrogen) atoms. The summed E-state index contributed by atoms with van der Waals surface area (Å²) in [5.74, 6) is 1.77. The van der Waals surface area contributed by atoms with Crippen LogP contribution >= 0.6 is 35.3 Å². The van der Waals surface area contributed by atoms with E-state index in [9.17, 15) is 0 Å². The van der Waals surface area contributed by atoms with Gasteiger partial charge >= 0.3 is 0 Å². The van der Waals surface area contributed by atoms with Crippen LogP contribution in [0.2, 0.25) is 0 Å². The number of guanidine groups is 1. The van der Waals surface area contributed by atoms with Crippen molar-refractivity contribution in [3.05, 3.63) is 45.9 Å². The predicted octanol–water partition coefficient (Wildman–Crippen LogP) is 4.43. The summed E-state index contributed by atoms with van der Waals surface area (Å²) >= 11 is 1.69. The van der Waals surface area contributed by atoms with E-state index >= 15 is 0 Å². The van der Waals surface area contributed by atoms with Crippen LogP contribution in [0.15, 0.2) is 35.5 Å². The van der Waals surface area contributed by atoms with Crippen LogP contribution in [-0.2, 0) is 6.54 Å². The molecule has 3 rings (SSSR count). The molecule has 0 aliphatic carbocycles. The van der Waals surface area contributed by atoms with Crippen molar-refractivity contribution in [3.8, 4) is 5.75 Å². The second-order valence-electron chi connectivity index (χ2n) is 6.84. The maximum Gasteiger partial charge on any atom is 0.192 e. The van der Waals surface area contributed by atoms with Gasteiger partial charge in [-0.2, -0.15) is 0 Å². The summed E-state index contributed by atoms with van der Waals surface area (Å²) in [5, 5.41) is 8.01. The van der Waals surface area contributed by atoms with Crippen LogP contribution in [0.5, 0.6) is 5.75 Å². The Morgan fingerprint density at radius 1 is 1.38 bits per heavy atom. The van der Waals surface area contributed by atoms with Gasteiger partial charge in [-0.05, 0) is 33.8 Å². The van der Waals surface area contributed by atoms with Gasteiger partial charge in [-0.3, -0.25) is 0 Å². The van der Waals surface area contributed by atoms with Crippen molar-refractivity contribution >= 4 is 41.3 Å². The van der Waals surface area contributed by atoms with Crippen molar-refractivity contribution in [1.29, 1.82) is 0 Å². The Hall–Kier alpha value is -1.35. The van der Waals surface area contributed by atoms with Crippen molar-refractivity contribution in [2.75, 3.05) is 6.54 Å². The van der Waals surface area contributed by atoms with E-state index in [1.165, 1.54) is 10.4 Å². The number of halogens is 1. The van der Waals surface area contributed by atoms with Crippen LogP contribution in [0, 0.1) is 6.92 Å². The van der Waals surface area contributed by atoms with Gasteiger partial charge < -0.3 is 15.4 Å². The van der Waals surface area contributed by atoms with E-state index in [0.717, 1.165) is 29.7 Å². The summed E-state index contributed by atoms with van der Waals surface area (Å²) < 4.78 is 6.12. The molecule has 0 saturated carbocycles. The number of para-hydroxylation sites is 1. The van der Waals surface area contributed by atoms with Gasteiger partial charge in [-0.1, -0.05) is 18.2 Å². The lowest BCUT2D eigenvalue weighted by molar-refractivity contribution is 0.0694. The van der Waals surface area contributed by atoms with Gasteiger partial charge in [0, 0.05) is 29.6 Å². The molecule has 1 atom stereocenters. The molecule has 0 amide bonds. The molecule has 1 aliphatic rings. The smallest absolute Gasteiger partial charge is 0.192 e. The van der Waals surface area contributed by atoms with E-state index in [0.29, 0.717) is 6.54 Å². The topological polar surface area (TPSA) is 58.5 Å². The molecule has 2 N–H and O–H groups in total. The number of fused-ring (bicyclic) bond motifs is 1. The minimum absolute atomic E-state index is 0. The van der Waals surface area contributed by atoms with Crippen molar-refractivity contribution in [3.63, 3.8) is 0 Å². The van der Waals surface area contributed by atoms with E-state index in [2.05, 4.69) is 48.5 Å². The maximum absolute atomic E-state index is 6.12. The lowest BCUT2D eigenvalue weighted by atomic mass is 9.90. The molecule has 0 fully saturated rings. The van der Waals surface area contributed by atoms with E-state index in [-0.39, 0.29) is 35.6 Å². The van der Waals surface area contributed by atoms with Gasteiger partial charge in [0.25, 0.3) is 0 Å². The maximum atomic E-state index is 6.12. The zero-order valence-electron chi connectivity index (χ0n) is 15.7. The molecule has 1 aliphatic heterocycles. The number of nitrogens with one attached hydrogen (secondary N) is 2. The molecule has 5 nitrogen and oxygen atoms in total. The number of aryl methyl sites for hydroxylation is 1. The standard InChI is InChI=1S/C19H26N4OS.HI/c1-5-20-18(22-12-14-11-21-13(2)25-14)23-16-10-19(3,4)24-17-9-7-6-8-15(16)17;/h6-9,11,16H,5,10,12H2,1-4H3,(H2,20,22,23);1H. The summed E-state index contributed by atoms with van der Waals surface area (Å²) in [6.07, 6.45) is 2.79. The molecular weight excluding hydrogens is 459 g/mol. The largest absolute Gasteiger partial charge is 0.487 e. The van der Waals surface area contributed by atoms with Gasteiger partial charge in [0.1, 0.15) is 11.4 Å². The fraction of sp³-hybridized carbons (Fsp3) is 0.474. The van der Waals surface area contributed by atoms with Crippen molar-refractivity contribution in [1.82, 2.24) is 15.6 Å². The number of thiazole rings is 1. The zero-order valence-corrected chi connectivity index (χ0v) is 18.9. The lowest BCUT2D eigenvalue weighted by Crippen LogP contribution is -2.45. The van der Waals surface area contributed by atoms with Crippen LogP contribution in [0.25, 0.3) is 0 Å². The van der Waals surface area contributed by atoms with Gasteiger partial charge in [0.15, 0.2) is 5.96 Å². The third-order valence-corrected chi connectivity index (χ3v) is 4.99. The van der Waals surface area contributed by atoms with Gasteiger partial charge in [0.05, 0.1) is 17.6 Å². The van der Waals surface area contributed by atoms with Gasteiger partial charge in [0.2, 0.25) is 0 Å². The SMILES string of the molecule is CCNC(=NCc1cnc(C)s1)NC1CC(C)(C)Oc2ccccc21.I. The Morgan fingerprint density at radius 2 is 2.15 bits per heavy atom. The van der Waals surface area contributed by atoms with Crippen molar-refractivity contribution in [2.24, 2.45) is 4.99 Å². The zero-order chi connectivity index (χ0) is 17.9. The molecular formula is C19H27IN4OS. The Balaban J connectivity index is 0.00000243. The predicted molar refractivity (Wildman–Crippen MR) is 119 cm³/mol. The third-order valence-electron chi connectivity index (χ3n) is 4.09. The Labute approximate surface area is 176 Å². The van der Waals surface area contributed by atoms with Crippen LogP contribution < -0.4 is 15.4 Å². The minimum atomic E-state index is -0.210. The summed E-state index contributed by atoms with van der Waals surface area (Å²) in [4.78, 5) is 10.2. The first-order valence-electron chi connectivity index (χ1n) is 8.71. The van der Waals surface area contributed by atoms with Crippen LogP contribution in [-0.4, -0.2) is 23.1 Å². The molecule has 2 heterocycles. The summed E-state index contributed by atoms with van der Waals surface area (Å²) in [6.45, 7) is 9.80. The minimum Gasteiger partial charge on any atom is -0.487 e. The number of hydrogen-bond donors (Lipinski definition) is 2. The van der Waals surface area contributed by atoms with Crippen molar-refractivity contribution in [2.45, 2.75) is 52.3 Å². The highest BCUT2D eigenvalue weighted by molar-refractivity contribution is 14.0. The highest BCUT2D eigenvalue weighted by Gasteiger charge is 2.33. The number of hydrogen-bond acceptors (Lipinski definition) is 4. The molecule has 0 bridgehead atoms. The number of aromatic nitrogens is 1. The summed E-state index contributed by atoms with van der Waals surface area (Å²) in [7, 11) is 0. The highest BCUT2D eigenvalue weighted by atomic mass is 127.